The highest BCUT2D eigenvalue weighted by Crippen LogP contribution is 2.47. The van der Waals surface area contributed by atoms with Crippen LogP contribution in [0.4, 0.5) is 8.63 Å². The fourth-order valence-corrected chi connectivity index (χ4v) is 6.73. The molecule has 5 N–H and O–H groups in total. The van der Waals surface area contributed by atoms with Crippen molar-refractivity contribution in [2.45, 2.75) is 96.5 Å². The Morgan fingerprint density at radius 1 is 0.923 bits per heavy atom. The van der Waals surface area contributed by atoms with Crippen LogP contribution in [0.25, 0.3) is 5.57 Å². The molecule has 5 rings (SSSR count). The lowest BCUT2D eigenvalue weighted by molar-refractivity contribution is -0.206. The summed E-state index contributed by atoms with van der Waals surface area (Å²) in [6, 6.07) is 1.44. The van der Waals surface area contributed by atoms with Crippen molar-refractivity contribution in [3.63, 3.8) is 0 Å². The van der Waals surface area contributed by atoms with Crippen LogP contribution in [0.3, 0.4) is 0 Å². The molecule has 2 aliphatic heterocycles. The first-order chi connectivity index (χ1) is 18.3. The van der Waals surface area contributed by atoms with Crippen LogP contribution in [0.15, 0.2) is 29.6 Å². The number of aromatic nitrogens is 4. The Bertz CT molecular complexity index is 1290. The van der Waals surface area contributed by atoms with E-state index in [-0.39, 0.29) is 12.6 Å². The molecule has 13 heteroatoms. The summed E-state index contributed by atoms with van der Waals surface area (Å²) in [6.07, 6.45) is -1.39. The standard InChI is InChI=1S/C26H37BF2N5O5/c1-13-9-15(3)33-20(13)18(21-14(2)10-16(4)34(21)27(33,28)29)8-6-5-7-17-11-32(31-30-17)12-19-22(35)24(37)26(39)25(38)23(19)36/h9-11,15,19,22-26,35-39H,5-8,12H2,1-4H3/q-1/t15?,19?,22-,23-,24+,25+,26?/m1/s1. The van der Waals surface area contributed by atoms with E-state index in [0.717, 1.165) is 29.6 Å². The van der Waals surface area contributed by atoms with Crippen LogP contribution in [0, 0.1) is 19.8 Å². The smallest absolute Gasteiger partial charge is 0.464 e. The third-order valence-electron chi connectivity index (χ3n) is 8.57. The predicted octanol–water partition coefficient (Wildman–Crippen LogP) is 1.14. The molecule has 214 valence electrons. The molecule has 0 bridgehead atoms. The van der Waals surface area contributed by atoms with Gasteiger partial charge >= 0.3 is 6.97 Å². The van der Waals surface area contributed by atoms with Crippen LogP contribution < -0.4 is 0 Å². The molecule has 1 saturated carbocycles. The number of aliphatic hydroxyl groups excluding tert-OH is 5. The van der Waals surface area contributed by atoms with E-state index in [2.05, 4.69) is 10.3 Å². The van der Waals surface area contributed by atoms with Gasteiger partial charge < -0.3 is 43.5 Å². The van der Waals surface area contributed by atoms with Gasteiger partial charge in [-0.05, 0) is 81.8 Å². The van der Waals surface area contributed by atoms with Crippen molar-refractivity contribution in [3.8, 4) is 0 Å². The Morgan fingerprint density at radius 2 is 1.54 bits per heavy atom. The van der Waals surface area contributed by atoms with E-state index in [9.17, 15) is 25.5 Å². The van der Waals surface area contributed by atoms with Gasteiger partial charge in [-0.1, -0.05) is 11.3 Å². The number of aliphatic hydroxyl groups is 5. The summed E-state index contributed by atoms with van der Waals surface area (Å²) in [6.45, 7) is 3.37. The van der Waals surface area contributed by atoms with Gasteiger partial charge in [0.15, 0.2) is 0 Å². The van der Waals surface area contributed by atoms with Crippen molar-refractivity contribution >= 4 is 12.5 Å². The third kappa shape index (κ3) is 4.53. The maximum absolute atomic E-state index is 15.7. The first-order valence-electron chi connectivity index (χ1n) is 13.6. The summed E-state index contributed by atoms with van der Waals surface area (Å²) in [4.78, 5) is 1.29. The average molecular weight is 548 g/mol. The van der Waals surface area contributed by atoms with Crippen LogP contribution in [0.2, 0.25) is 0 Å². The van der Waals surface area contributed by atoms with Gasteiger partial charge in [0.05, 0.1) is 24.4 Å². The number of hydrogen-bond donors (Lipinski definition) is 5. The molecule has 0 aromatic carbocycles. The second kappa shape index (κ2) is 10.1. The summed E-state index contributed by atoms with van der Waals surface area (Å²) >= 11 is 0. The number of aryl methyl sites for hydroxylation is 3. The van der Waals surface area contributed by atoms with Gasteiger partial charge in [0.2, 0.25) is 0 Å². The monoisotopic (exact) mass is 548 g/mol. The molecular formula is C26H37BF2N5O5-. The van der Waals surface area contributed by atoms with Crippen LogP contribution in [0.1, 0.15) is 55.8 Å². The summed E-state index contributed by atoms with van der Waals surface area (Å²) in [7, 11) is 0. The van der Waals surface area contributed by atoms with E-state index in [1.807, 2.05) is 26.0 Å². The maximum atomic E-state index is 15.7. The molecule has 0 amide bonds. The van der Waals surface area contributed by atoms with Crippen molar-refractivity contribution in [3.05, 3.63) is 52.3 Å². The highest BCUT2D eigenvalue weighted by molar-refractivity contribution is 6.63. The second-order valence-corrected chi connectivity index (χ2v) is 11.4. The van der Waals surface area contributed by atoms with E-state index in [1.54, 1.807) is 20.0 Å². The van der Waals surface area contributed by atoms with Gasteiger partial charge in [-0.2, -0.15) is 0 Å². The number of nitrogens with zero attached hydrogens (tertiary/aromatic N) is 5. The Kier molecular flexibility index (Phi) is 7.25. The first-order valence-corrected chi connectivity index (χ1v) is 13.6. The average Bonchev–Trinajstić information content (AvgIpc) is 3.54. The number of halogens is 2. The predicted molar refractivity (Wildman–Crippen MR) is 140 cm³/mol. The molecule has 0 radical (unpaired) electrons. The molecule has 2 aromatic heterocycles. The van der Waals surface area contributed by atoms with Crippen molar-refractivity contribution < 1.29 is 34.2 Å². The Labute approximate surface area is 225 Å². The quantitative estimate of drug-likeness (QED) is 0.257. The molecule has 1 fully saturated rings. The van der Waals surface area contributed by atoms with E-state index >= 15 is 8.63 Å². The minimum absolute atomic E-state index is 0.00235. The van der Waals surface area contributed by atoms with E-state index < -0.39 is 43.4 Å². The van der Waals surface area contributed by atoms with Gasteiger partial charge in [0.25, 0.3) is 0 Å². The number of hydrogen-bond acceptors (Lipinski definition) is 8. The molecule has 1 aliphatic carbocycles. The fourth-order valence-electron chi connectivity index (χ4n) is 6.73. The van der Waals surface area contributed by atoms with Gasteiger partial charge in [-0.3, -0.25) is 4.68 Å². The lowest BCUT2D eigenvalue weighted by Gasteiger charge is -2.49. The molecule has 0 saturated heterocycles. The van der Waals surface area contributed by atoms with Gasteiger partial charge in [0.1, 0.15) is 18.3 Å². The summed E-state index contributed by atoms with van der Waals surface area (Å²) in [5.41, 5.74) is 5.18. The Morgan fingerprint density at radius 3 is 2.21 bits per heavy atom. The van der Waals surface area contributed by atoms with Crippen LogP contribution in [0.5, 0.6) is 0 Å². The molecule has 3 aliphatic rings. The zero-order valence-corrected chi connectivity index (χ0v) is 22.6. The minimum Gasteiger partial charge on any atom is -0.464 e. The SMILES string of the molecule is CC1=CC(C)N2C1=C(CCCCc1cn(CC3[C@@H](O)[C@H](O)C(O)[C@@H](O)[C@@H]3O)nn1)c1c(C)cc(C)n1[B-]2(F)F. The molecule has 39 heavy (non-hydrogen) atoms. The molecular weight excluding hydrogens is 511 g/mol. The molecule has 4 heterocycles. The van der Waals surface area contributed by atoms with Gasteiger partial charge in [0, 0.05) is 29.5 Å². The molecule has 10 nitrogen and oxygen atoms in total. The minimum atomic E-state index is -3.94. The largest absolute Gasteiger partial charge is 0.529 e. The highest BCUT2D eigenvalue weighted by Gasteiger charge is 2.49. The third-order valence-corrected chi connectivity index (χ3v) is 8.57. The number of rotatable bonds is 7. The fraction of sp³-hybridized carbons (Fsp3) is 0.615. The van der Waals surface area contributed by atoms with Crippen molar-refractivity contribution in [1.82, 2.24) is 24.3 Å². The summed E-state index contributed by atoms with van der Waals surface area (Å²) < 4.78 is 34.1. The van der Waals surface area contributed by atoms with Crippen LogP contribution in [-0.2, 0) is 13.0 Å². The zero-order chi connectivity index (χ0) is 28.4. The molecule has 1 unspecified atom stereocenters. The Balaban J connectivity index is 1.26. The number of unbranched alkanes of at least 4 members (excludes halogenated alkanes) is 1. The normalized spacial score (nSPS) is 31.9. The maximum Gasteiger partial charge on any atom is 0.529 e. The molecule has 5 atom stereocenters. The lowest BCUT2D eigenvalue weighted by Crippen LogP contribution is -2.61. The number of allylic oxidation sites excluding steroid dienone is 2. The second-order valence-electron chi connectivity index (χ2n) is 11.4. The van der Waals surface area contributed by atoms with Crippen LogP contribution >= 0.6 is 0 Å². The highest BCUT2D eigenvalue weighted by atomic mass is 19.2. The number of fused-ring (bicyclic) bond motifs is 2. The summed E-state index contributed by atoms with van der Waals surface area (Å²) in [5, 5.41) is 58.5. The topological polar surface area (TPSA) is 140 Å². The van der Waals surface area contributed by atoms with Gasteiger partial charge in [-0.25, -0.2) is 0 Å². The summed E-state index contributed by atoms with van der Waals surface area (Å²) in [5.74, 6) is -0.941. The molecule has 0 spiro atoms. The van der Waals surface area contributed by atoms with E-state index in [1.165, 1.54) is 14.0 Å². The van der Waals surface area contributed by atoms with E-state index in [4.69, 9.17) is 0 Å². The first kappa shape index (κ1) is 28.0. The lowest BCUT2D eigenvalue weighted by atomic mass is 9.78. The zero-order valence-electron chi connectivity index (χ0n) is 22.6. The van der Waals surface area contributed by atoms with E-state index in [0.29, 0.717) is 35.6 Å². The van der Waals surface area contributed by atoms with Crippen molar-refractivity contribution in [2.24, 2.45) is 5.92 Å². The Hall–Kier alpha value is -2.58. The molecule has 2 aromatic rings. The van der Waals surface area contributed by atoms with Crippen molar-refractivity contribution in [2.75, 3.05) is 0 Å². The van der Waals surface area contributed by atoms with Gasteiger partial charge in [-0.15, -0.1) is 5.10 Å². The van der Waals surface area contributed by atoms with Crippen LogP contribution in [-0.4, -0.2) is 93.3 Å². The van der Waals surface area contributed by atoms with Crippen molar-refractivity contribution in [1.29, 1.82) is 0 Å².